The first kappa shape index (κ1) is 12.9. The van der Waals surface area contributed by atoms with Crippen LogP contribution < -0.4 is 10.2 Å². The van der Waals surface area contributed by atoms with Crippen LogP contribution in [-0.2, 0) is 11.3 Å². The molecule has 0 bridgehead atoms. The Kier molecular flexibility index (Phi) is 3.70. The Hall–Kier alpha value is -1.15. The smallest absolute Gasteiger partial charge is 0.423 e. The first-order valence-electron chi connectivity index (χ1n) is 5.72. The maximum Gasteiger partial charge on any atom is 0.491 e. The number of benzene rings is 1. The van der Waals surface area contributed by atoms with E-state index in [0.717, 1.165) is 26.5 Å². The van der Waals surface area contributed by atoms with Crippen LogP contribution in [0.5, 0.6) is 0 Å². The molecule has 0 unspecified atom stereocenters. The number of thiol groups is 1. The fourth-order valence-electron chi connectivity index (χ4n) is 1.86. The van der Waals surface area contributed by atoms with Crippen molar-refractivity contribution in [2.75, 3.05) is 4.72 Å². The van der Waals surface area contributed by atoms with Crippen molar-refractivity contribution in [2.24, 2.45) is 0 Å². The summed E-state index contributed by atoms with van der Waals surface area (Å²) in [6, 6.07) is 7.64. The molecule has 1 aromatic carbocycles. The van der Waals surface area contributed by atoms with Crippen LogP contribution in [0.3, 0.4) is 0 Å². The van der Waals surface area contributed by atoms with Crippen molar-refractivity contribution in [1.29, 1.82) is 0 Å². The molecule has 2 aromatic rings. The van der Waals surface area contributed by atoms with Crippen molar-refractivity contribution in [3.63, 3.8) is 0 Å². The van der Waals surface area contributed by atoms with Gasteiger partial charge in [-0.3, -0.25) is 4.98 Å². The summed E-state index contributed by atoms with van der Waals surface area (Å²) in [5.41, 5.74) is 2.63. The number of hydrogen-bond donors (Lipinski definition) is 3. The van der Waals surface area contributed by atoms with Crippen LogP contribution in [0.2, 0.25) is 0 Å². The van der Waals surface area contributed by atoms with Crippen LogP contribution in [0.25, 0.3) is 0 Å². The molecule has 0 saturated carbocycles. The topological polar surface area (TPSA) is 54.4 Å². The molecule has 0 amide bonds. The Bertz CT molecular complexity index is 598. The lowest BCUT2D eigenvalue weighted by Crippen LogP contribution is -2.28. The van der Waals surface area contributed by atoms with E-state index in [9.17, 15) is 5.02 Å². The van der Waals surface area contributed by atoms with E-state index in [-0.39, 0.29) is 0 Å². The van der Waals surface area contributed by atoms with Crippen LogP contribution >= 0.6 is 24.6 Å². The molecule has 96 valence electrons. The van der Waals surface area contributed by atoms with Gasteiger partial charge in [-0.1, -0.05) is 0 Å². The van der Waals surface area contributed by atoms with Gasteiger partial charge in [-0.2, -0.15) is 0 Å². The Morgan fingerprint density at radius 3 is 3.16 bits per heavy atom. The van der Waals surface area contributed by atoms with E-state index < -0.39 is 7.12 Å². The SMILES string of the molecule is OB1OCc2cc(S)c(NSc3cccnc3)cc21. The molecule has 1 aliphatic heterocycles. The number of rotatable bonds is 3. The summed E-state index contributed by atoms with van der Waals surface area (Å²) < 4.78 is 8.39. The number of nitrogens with one attached hydrogen (secondary N) is 1. The van der Waals surface area contributed by atoms with Gasteiger partial charge in [-0.25, -0.2) is 0 Å². The lowest BCUT2D eigenvalue weighted by Gasteiger charge is -2.10. The molecule has 2 N–H and O–H groups in total. The standard InChI is InChI=1S/C12H11BN2O2S2/c16-13-10-5-11(12(18)4-8(10)7-17-13)15-19-9-2-1-3-14-6-9/h1-6,15-16,18H,7H2. The minimum absolute atomic E-state index is 0.431. The maximum absolute atomic E-state index is 9.69. The van der Waals surface area contributed by atoms with Crippen LogP contribution in [-0.4, -0.2) is 17.1 Å². The molecule has 0 fully saturated rings. The van der Waals surface area contributed by atoms with Gasteiger partial charge in [0, 0.05) is 22.2 Å². The summed E-state index contributed by atoms with van der Waals surface area (Å²) in [7, 11) is -0.840. The van der Waals surface area contributed by atoms with E-state index in [1.165, 1.54) is 11.9 Å². The van der Waals surface area contributed by atoms with Crippen molar-refractivity contribution >= 4 is 42.8 Å². The number of nitrogens with zero attached hydrogens (tertiary/aromatic N) is 1. The highest BCUT2D eigenvalue weighted by Gasteiger charge is 2.28. The fourth-order valence-corrected chi connectivity index (χ4v) is 2.87. The van der Waals surface area contributed by atoms with E-state index in [0.29, 0.717) is 6.61 Å². The predicted octanol–water partition coefficient (Wildman–Crippen LogP) is 1.71. The van der Waals surface area contributed by atoms with Crippen molar-refractivity contribution in [3.8, 4) is 0 Å². The zero-order valence-corrected chi connectivity index (χ0v) is 11.6. The average Bonchev–Trinajstić information content (AvgIpc) is 2.78. The van der Waals surface area contributed by atoms with Gasteiger partial charge >= 0.3 is 7.12 Å². The van der Waals surface area contributed by atoms with Crippen molar-refractivity contribution < 1.29 is 9.68 Å². The summed E-state index contributed by atoms with van der Waals surface area (Å²) in [6.07, 6.45) is 3.51. The van der Waals surface area contributed by atoms with Gasteiger partial charge in [0.05, 0.1) is 12.3 Å². The number of hydrogen-bond acceptors (Lipinski definition) is 6. The molecule has 0 aliphatic carbocycles. The third kappa shape index (κ3) is 2.74. The Morgan fingerprint density at radius 1 is 1.47 bits per heavy atom. The van der Waals surface area contributed by atoms with Crippen molar-refractivity contribution in [3.05, 3.63) is 42.2 Å². The first-order valence-corrected chi connectivity index (χ1v) is 6.99. The van der Waals surface area contributed by atoms with Crippen LogP contribution in [0.15, 0.2) is 46.5 Å². The molecular weight excluding hydrogens is 279 g/mol. The number of anilines is 1. The van der Waals surface area contributed by atoms with E-state index in [1.807, 2.05) is 24.3 Å². The molecule has 1 aliphatic rings. The Morgan fingerprint density at radius 2 is 2.37 bits per heavy atom. The summed E-state index contributed by atoms with van der Waals surface area (Å²) in [6.45, 7) is 0.431. The molecule has 7 heteroatoms. The highest BCUT2D eigenvalue weighted by atomic mass is 32.2. The van der Waals surface area contributed by atoms with Crippen LogP contribution in [0.1, 0.15) is 5.56 Å². The van der Waals surface area contributed by atoms with Gasteiger partial charge in [0.1, 0.15) is 0 Å². The van der Waals surface area contributed by atoms with E-state index in [4.69, 9.17) is 4.65 Å². The highest BCUT2D eigenvalue weighted by Crippen LogP contribution is 2.27. The second-order valence-corrected chi connectivity index (χ2v) is 5.49. The summed E-state index contributed by atoms with van der Waals surface area (Å²) >= 11 is 5.89. The van der Waals surface area contributed by atoms with Crippen LogP contribution in [0.4, 0.5) is 5.69 Å². The van der Waals surface area contributed by atoms with Gasteiger partial charge in [0.2, 0.25) is 0 Å². The molecule has 19 heavy (non-hydrogen) atoms. The third-order valence-electron chi connectivity index (χ3n) is 2.83. The largest absolute Gasteiger partial charge is 0.491 e. The number of fused-ring (bicyclic) bond motifs is 1. The monoisotopic (exact) mass is 290 g/mol. The minimum atomic E-state index is -0.840. The fraction of sp³-hybridized carbons (Fsp3) is 0.0833. The van der Waals surface area contributed by atoms with E-state index in [1.54, 1.807) is 12.4 Å². The summed E-state index contributed by atoms with van der Waals surface area (Å²) in [5, 5.41) is 9.69. The molecule has 0 atom stereocenters. The van der Waals surface area contributed by atoms with Gasteiger partial charge in [0.15, 0.2) is 0 Å². The Balaban J connectivity index is 1.80. The molecule has 0 radical (unpaired) electrons. The second kappa shape index (κ2) is 5.46. The summed E-state index contributed by atoms with van der Waals surface area (Å²) in [4.78, 5) is 5.88. The van der Waals surface area contributed by atoms with E-state index >= 15 is 0 Å². The molecular formula is C12H11BN2O2S2. The Labute approximate surface area is 121 Å². The van der Waals surface area contributed by atoms with Crippen molar-refractivity contribution in [2.45, 2.75) is 16.4 Å². The lowest BCUT2D eigenvalue weighted by atomic mass is 9.79. The second-order valence-electron chi connectivity index (χ2n) is 4.12. The predicted molar refractivity (Wildman–Crippen MR) is 79.8 cm³/mol. The maximum atomic E-state index is 9.69. The number of pyridine rings is 1. The summed E-state index contributed by atoms with van der Waals surface area (Å²) in [5.74, 6) is 0. The number of aromatic nitrogens is 1. The average molecular weight is 290 g/mol. The quantitative estimate of drug-likeness (QED) is 0.456. The van der Waals surface area contributed by atoms with Gasteiger partial charge in [0.25, 0.3) is 0 Å². The van der Waals surface area contributed by atoms with E-state index in [2.05, 4.69) is 22.3 Å². The highest BCUT2D eigenvalue weighted by molar-refractivity contribution is 8.00. The van der Waals surface area contributed by atoms with Crippen molar-refractivity contribution in [1.82, 2.24) is 4.98 Å². The minimum Gasteiger partial charge on any atom is -0.423 e. The first-order chi connectivity index (χ1) is 9.24. The molecule has 1 aromatic heterocycles. The third-order valence-corrected chi connectivity index (χ3v) is 4.00. The molecule has 4 nitrogen and oxygen atoms in total. The van der Waals surface area contributed by atoms with Crippen LogP contribution in [0, 0.1) is 0 Å². The van der Waals surface area contributed by atoms with Gasteiger partial charge in [-0.15, -0.1) is 12.6 Å². The van der Waals surface area contributed by atoms with Gasteiger partial charge in [-0.05, 0) is 47.2 Å². The normalized spacial score (nSPS) is 13.5. The molecule has 0 spiro atoms. The molecule has 3 rings (SSSR count). The lowest BCUT2D eigenvalue weighted by molar-refractivity contribution is 0.275. The molecule has 0 saturated heterocycles. The zero-order chi connectivity index (χ0) is 13.2. The molecule has 2 heterocycles. The zero-order valence-electron chi connectivity index (χ0n) is 9.91. The van der Waals surface area contributed by atoms with Gasteiger partial charge < -0.3 is 14.4 Å².